The van der Waals surface area contributed by atoms with E-state index in [1.165, 1.54) is 81.8 Å². The molecule has 2 aromatic carbocycles. The van der Waals surface area contributed by atoms with Gasteiger partial charge in [-0.1, -0.05) is 107 Å². The second-order valence-electron chi connectivity index (χ2n) is 8.65. The van der Waals surface area contributed by atoms with Crippen molar-refractivity contribution in [3.8, 4) is 16.9 Å². The minimum atomic E-state index is 0.706. The van der Waals surface area contributed by atoms with Crippen LogP contribution in [0.2, 0.25) is 5.02 Å². The van der Waals surface area contributed by atoms with Gasteiger partial charge in [-0.3, -0.25) is 0 Å². The van der Waals surface area contributed by atoms with Crippen LogP contribution in [0.1, 0.15) is 83.1 Å². The van der Waals surface area contributed by atoms with Gasteiger partial charge in [-0.15, -0.1) is 0 Å². The maximum Gasteiger partial charge on any atom is 0.137 e. The molecule has 0 aromatic heterocycles. The zero-order chi connectivity index (χ0) is 20.3. The van der Waals surface area contributed by atoms with Crippen molar-refractivity contribution in [2.24, 2.45) is 5.92 Å². The van der Waals surface area contributed by atoms with E-state index in [1.807, 2.05) is 12.1 Å². The van der Waals surface area contributed by atoms with E-state index in [2.05, 4.69) is 37.3 Å². The van der Waals surface area contributed by atoms with Crippen molar-refractivity contribution in [3.63, 3.8) is 0 Å². The predicted molar refractivity (Wildman–Crippen MR) is 126 cm³/mol. The normalized spacial score (nSPS) is 14.8. The average Bonchev–Trinajstić information content (AvgIpc) is 2.77. The molecule has 0 unspecified atom stereocenters. The highest BCUT2D eigenvalue weighted by atomic mass is 35.5. The van der Waals surface area contributed by atoms with Gasteiger partial charge in [-0.2, -0.15) is 0 Å². The Morgan fingerprint density at radius 2 is 1.59 bits per heavy atom. The molecule has 0 heterocycles. The smallest absolute Gasteiger partial charge is 0.137 e. The molecule has 1 fully saturated rings. The maximum absolute atomic E-state index is 6.48. The van der Waals surface area contributed by atoms with Gasteiger partial charge in [-0.05, 0) is 54.0 Å². The van der Waals surface area contributed by atoms with Gasteiger partial charge in [0.1, 0.15) is 5.75 Å². The molecular formula is C27H37ClO. The van der Waals surface area contributed by atoms with Crippen LogP contribution in [0.25, 0.3) is 11.1 Å². The van der Waals surface area contributed by atoms with Crippen molar-refractivity contribution >= 4 is 11.6 Å². The highest BCUT2D eigenvalue weighted by Gasteiger charge is 2.13. The number of benzene rings is 2. The first-order chi connectivity index (χ1) is 14.3. The van der Waals surface area contributed by atoms with Crippen molar-refractivity contribution in [1.29, 1.82) is 0 Å². The summed E-state index contributed by atoms with van der Waals surface area (Å²) in [5.74, 6) is 1.75. The fourth-order valence-electron chi connectivity index (χ4n) is 4.40. The Labute approximate surface area is 182 Å². The Hall–Kier alpha value is -1.47. The summed E-state index contributed by atoms with van der Waals surface area (Å²) in [6.45, 7) is 2.99. The summed E-state index contributed by atoms with van der Waals surface area (Å²) in [5, 5.41) is 0.706. The van der Waals surface area contributed by atoms with Crippen LogP contribution in [0.3, 0.4) is 0 Å². The van der Waals surface area contributed by atoms with E-state index in [0.717, 1.165) is 30.3 Å². The van der Waals surface area contributed by atoms with Crippen LogP contribution in [0.4, 0.5) is 0 Å². The minimum absolute atomic E-state index is 0.706. The SMILES string of the molecule is CCCCCCCOc1ccc(-c2ccc(CCC3CCCCC3)cc2)cc1Cl. The van der Waals surface area contributed by atoms with Gasteiger partial charge in [0.25, 0.3) is 0 Å². The third kappa shape index (κ3) is 7.37. The number of hydrogen-bond donors (Lipinski definition) is 0. The van der Waals surface area contributed by atoms with E-state index in [1.54, 1.807) is 0 Å². The van der Waals surface area contributed by atoms with E-state index in [4.69, 9.17) is 16.3 Å². The van der Waals surface area contributed by atoms with Gasteiger partial charge >= 0.3 is 0 Å². The van der Waals surface area contributed by atoms with Crippen molar-refractivity contribution < 1.29 is 4.74 Å². The van der Waals surface area contributed by atoms with Gasteiger partial charge in [0.15, 0.2) is 0 Å². The lowest BCUT2D eigenvalue weighted by Gasteiger charge is -2.21. The summed E-state index contributed by atoms with van der Waals surface area (Å²) in [5.41, 5.74) is 3.83. The number of rotatable bonds is 11. The molecule has 1 saturated carbocycles. The lowest BCUT2D eigenvalue weighted by atomic mass is 9.85. The molecular weight excluding hydrogens is 376 g/mol. The van der Waals surface area contributed by atoms with Crippen LogP contribution in [0.5, 0.6) is 5.75 Å². The molecule has 0 amide bonds. The van der Waals surface area contributed by atoms with E-state index in [9.17, 15) is 0 Å². The van der Waals surface area contributed by atoms with Gasteiger partial charge in [0.2, 0.25) is 0 Å². The predicted octanol–water partition coefficient (Wildman–Crippen LogP) is 8.87. The Bertz CT molecular complexity index is 716. The van der Waals surface area contributed by atoms with Crippen LogP contribution in [0.15, 0.2) is 42.5 Å². The first-order valence-corrected chi connectivity index (χ1v) is 12.2. The second-order valence-corrected chi connectivity index (χ2v) is 9.05. The molecule has 0 radical (unpaired) electrons. The summed E-state index contributed by atoms with van der Waals surface area (Å²) in [4.78, 5) is 0. The van der Waals surface area contributed by atoms with Crippen molar-refractivity contribution in [3.05, 3.63) is 53.1 Å². The molecule has 0 atom stereocenters. The number of halogens is 1. The van der Waals surface area contributed by atoms with Crippen LogP contribution in [-0.4, -0.2) is 6.61 Å². The molecule has 158 valence electrons. The third-order valence-electron chi connectivity index (χ3n) is 6.29. The lowest BCUT2D eigenvalue weighted by molar-refractivity contribution is 0.305. The largest absolute Gasteiger partial charge is 0.492 e. The molecule has 1 aliphatic rings. The first-order valence-electron chi connectivity index (χ1n) is 11.8. The molecule has 0 N–H and O–H groups in total. The highest BCUT2D eigenvalue weighted by molar-refractivity contribution is 6.32. The lowest BCUT2D eigenvalue weighted by Crippen LogP contribution is -2.07. The number of ether oxygens (including phenoxy) is 1. The summed E-state index contributed by atoms with van der Waals surface area (Å²) in [7, 11) is 0. The minimum Gasteiger partial charge on any atom is -0.492 e. The average molecular weight is 413 g/mol. The Kier molecular flexibility index (Phi) is 9.41. The van der Waals surface area contributed by atoms with Crippen LogP contribution in [0, 0.1) is 5.92 Å². The van der Waals surface area contributed by atoms with E-state index in [-0.39, 0.29) is 0 Å². The molecule has 29 heavy (non-hydrogen) atoms. The van der Waals surface area contributed by atoms with Crippen molar-refractivity contribution in [2.75, 3.05) is 6.61 Å². The van der Waals surface area contributed by atoms with Gasteiger partial charge in [0.05, 0.1) is 11.6 Å². The number of hydrogen-bond acceptors (Lipinski definition) is 1. The summed E-state index contributed by atoms with van der Waals surface area (Å²) < 4.78 is 5.88. The van der Waals surface area contributed by atoms with E-state index in [0.29, 0.717) is 5.02 Å². The molecule has 2 heteroatoms. The molecule has 3 rings (SSSR count). The molecule has 0 bridgehead atoms. The van der Waals surface area contributed by atoms with Crippen LogP contribution < -0.4 is 4.74 Å². The quantitative estimate of drug-likeness (QED) is 0.335. The van der Waals surface area contributed by atoms with E-state index < -0.39 is 0 Å². The highest BCUT2D eigenvalue weighted by Crippen LogP contribution is 2.31. The van der Waals surface area contributed by atoms with Crippen LogP contribution >= 0.6 is 11.6 Å². The molecule has 1 nitrogen and oxygen atoms in total. The molecule has 2 aromatic rings. The first kappa shape index (κ1) is 22.2. The summed E-state index contributed by atoms with van der Waals surface area (Å²) >= 11 is 6.48. The van der Waals surface area contributed by atoms with Gasteiger partial charge in [-0.25, -0.2) is 0 Å². The third-order valence-corrected chi connectivity index (χ3v) is 6.59. The van der Waals surface area contributed by atoms with Crippen molar-refractivity contribution in [2.45, 2.75) is 84.0 Å². The Morgan fingerprint density at radius 3 is 2.31 bits per heavy atom. The molecule has 0 saturated heterocycles. The number of unbranched alkanes of at least 4 members (excludes halogenated alkanes) is 4. The second kappa shape index (κ2) is 12.3. The van der Waals surface area contributed by atoms with Crippen molar-refractivity contribution in [1.82, 2.24) is 0 Å². The maximum atomic E-state index is 6.48. The topological polar surface area (TPSA) is 9.23 Å². The van der Waals surface area contributed by atoms with Gasteiger partial charge in [0, 0.05) is 0 Å². The Balaban J connectivity index is 1.48. The summed E-state index contributed by atoms with van der Waals surface area (Å²) in [6, 6.07) is 15.2. The number of aryl methyl sites for hydroxylation is 1. The van der Waals surface area contributed by atoms with Crippen LogP contribution in [-0.2, 0) is 6.42 Å². The molecule has 0 spiro atoms. The Morgan fingerprint density at radius 1 is 0.862 bits per heavy atom. The van der Waals surface area contributed by atoms with Gasteiger partial charge < -0.3 is 4.74 Å². The zero-order valence-electron chi connectivity index (χ0n) is 18.1. The van der Waals surface area contributed by atoms with E-state index >= 15 is 0 Å². The monoisotopic (exact) mass is 412 g/mol. The fraction of sp³-hybridized carbons (Fsp3) is 0.556. The molecule has 0 aliphatic heterocycles. The summed E-state index contributed by atoms with van der Waals surface area (Å²) in [6.07, 6.45) is 15.9. The molecule has 1 aliphatic carbocycles. The standard InChI is InChI=1S/C27H37ClO/c1-2-3-4-5-9-20-29-27-19-18-25(21-26(27)28)24-16-14-23(15-17-24)13-12-22-10-7-6-8-11-22/h14-19,21-22H,2-13,20H2,1H3. The fourth-order valence-corrected chi connectivity index (χ4v) is 4.63. The zero-order valence-corrected chi connectivity index (χ0v) is 18.9.